The molecule has 1 aromatic rings. The van der Waals surface area contributed by atoms with Gasteiger partial charge in [-0.2, -0.15) is 11.3 Å². The Hall–Kier alpha value is -0.870. The highest BCUT2D eigenvalue weighted by atomic mass is 32.1. The van der Waals surface area contributed by atoms with Crippen LogP contribution in [-0.4, -0.2) is 36.5 Å². The molecule has 1 N–H and O–H groups in total. The lowest BCUT2D eigenvalue weighted by Gasteiger charge is -2.23. The molecule has 0 aromatic carbocycles. The van der Waals surface area contributed by atoms with Gasteiger partial charge in [-0.25, -0.2) is 0 Å². The lowest BCUT2D eigenvalue weighted by molar-refractivity contribution is 0.0737. The maximum absolute atomic E-state index is 12.4. The van der Waals surface area contributed by atoms with E-state index in [1.54, 1.807) is 11.3 Å². The number of thiophene rings is 1. The first-order valence-electron chi connectivity index (χ1n) is 5.82. The van der Waals surface area contributed by atoms with Gasteiger partial charge in [-0.15, -0.1) is 0 Å². The Bertz CT molecular complexity index is 415. The number of carbonyl (C=O) groups is 1. The van der Waals surface area contributed by atoms with E-state index in [9.17, 15) is 4.79 Å². The van der Waals surface area contributed by atoms with E-state index in [1.807, 2.05) is 17.7 Å². The highest BCUT2D eigenvalue weighted by molar-refractivity contribution is 7.08. The topological polar surface area (TPSA) is 32.3 Å². The number of nitrogens with zero attached hydrogens (tertiary/aromatic N) is 1. The largest absolute Gasteiger partial charge is 0.334 e. The summed E-state index contributed by atoms with van der Waals surface area (Å²) in [6.07, 6.45) is 1.16. The zero-order chi connectivity index (χ0) is 11.1. The van der Waals surface area contributed by atoms with Crippen molar-refractivity contribution in [3.8, 4) is 0 Å². The molecule has 3 nitrogen and oxygen atoms in total. The van der Waals surface area contributed by atoms with E-state index in [1.165, 1.54) is 0 Å². The van der Waals surface area contributed by atoms with Crippen molar-refractivity contribution in [3.05, 3.63) is 21.9 Å². The highest BCUT2D eigenvalue weighted by Crippen LogP contribution is 2.29. The number of carbonyl (C=O) groups excluding carboxylic acids is 1. The van der Waals surface area contributed by atoms with E-state index >= 15 is 0 Å². The van der Waals surface area contributed by atoms with Crippen LogP contribution in [0.5, 0.6) is 0 Å². The fourth-order valence-corrected chi connectivity index (χ4v) is 3.66. The predicted octanol–water partition coefficient (Wildman–Crippen LogP) is 1.49. The Labute approximate surface area is 99.5 Å². The molecule has 0 spiro atoms. The summed E-state index contributed by atoms with van der Waals surface area (Å²) < 4.78 is 0. The lowest BCUT2D eigenvalue weighted by Crippen LogP contribution is -2.39. The molecule has 1 aromatic heterocycles. The third kappa shape index (κ3) is 1.48. The minimum atomic E-state index is 0.231. The van der Waals surface area contributed by atoms with Crippen LogP contribution in [0.15, 0.2) is 10.8 Å². The van der Waals surface area contributed by atoms with Gasteiger partial charge in [0.1, 0.15) is 0 Å². The van der Waals surface area contributed by atoms with Crippen LogP contribution < -0.4 is 5.32 Å². The van der Waals surface area contributed by atoms with Crippen LogP contribution in [0, 0.1) is 12.8 Å². The first kappa shape index (κ1) is 10.3. The molecule has 3 rings (SSSR count). The average Bonchev–Trinajstić information content (AvgIpc) is 2.90. The minimum absolute atomic E-state index is 0.231. The Morgan fingerprint density at radius 2 is 2.38 bits per heavy atom. The molecule has 0 aliphatic carbocycles. The monoisotopic (exact) mass is 236 g/mol. The van der Waals surface area contributed by atoms with Crippen molar-refractivity contribution >= 4 is 17.2 Å². The highest BCUT2D eigenvalue weighted by Gasteiger charge is 2.40. The van der Waals surface area contributed by atoms with Gasteiger partial charge in [-0.05, 0) is 30.2 Å². The zero-order valence-corrected chi connectivity index (χ0v) is 10.2. The van der Waals surface area contributed by atoms with E-state index in [0.29, 0.717) is 12.0 Å². The predicted molar refractivity (Wildman–Crippen MR) is 64.9 cm³/mol. The van der Waals surface area contributed by atoms with Crippen LogP contribution in [0.2, 0.25) is 0 Å². The van der Waals surface area contributed by atoms with Crippen molar-refractivity contribution in [1.29, 1.82) is 0 Å². The van der Waals surface area contributed by atoms with E-state index in [-0.39, 0.29) is 5.91 Å². The second-order valence-corrected chi connectivity index (χ2v) is 5.48. The van der Waals surface area contributed by atoms with Crippen LogP contribution in [-0.2, 0) is 0 Å². The number of hydrogen-bond acceptors (Lipinski definition) is 3. The molecule has 1 amide bonds. The molecule has 86 valence electrons. The van der Waals surface area contributed by atoms with E-state index in [2.05, 4.69) is 10.2 Å². The molecule has 0 bridgehead atoms. The summed E-state index contributed by atoms with van der Waals surface area (Å²) in [6.45, 7) is 5.01. The maximum atomic E-state index is 12.4. The van der Waals surface area contributed by atoms with Gasteiger partial charge >= 0.3 is 0 Å². The fraction of sp³-hybridized carbons (Fsp3) is 0.583. The standard InChI is InChI=1S/C12H16N2OS/c1-8-6-16-7-10(8)12(15)14-3-2-9-4-13-5-11(9)14/h6-7,9,11,13H,2-5H2,1H3/t9-,11+/m0/s1. The van der Waals surface area contributed by atoms with Crippen LogP contribution >= 0.6 is 11.3 Å². The quantitative estimate of drug-likeness (QED) is 0.801. The molecule has 2 aliphatic heterocycles. The summed E-state index contributed by atoms with van der Waals surface area (Å²) in [4.78, 5) is 14.4. The van der Waals surface area contributed by atoms with Crippen molar-refractivity contribution in [2.45, 2.75) is 19.4 Å². The van der Waals surface area contributed by atoms with Gasteiger partial charge in [0.2, 0.25) is 0 Å². The second-order valence-electron chi connectivity index (χ2n) is 4.74. The number of hydrogen-bond donors (Lipinski definition) is 1. The summed E-state index contributed by atoms with van der Waals surface area (Å²) in [5, 5.41) is 7.41. The minimum Gasteiger partial charge on any atom is -0.334 e. The van der Waals surface area contributed by atoms with Gasteiger partial charge in [-0.1, -0.05) is 0 Å². The molecular formula is C12H16N2OS. The van der Waals surface area contributed by atoms with Crippen LogP contribution in [0.1, 0.15) is 22.3 Å². The Balaban J connectivity index is 1.83. The van der Waals surface area contributed by atoms with Crippen molar-refractivity contribution in [1.82, 2.24) is 10.2 Å². The second kappa shape index (κ2) is 3.86. The van der Waals surface area contributed by atoms with Crippen LogP contribution in [0.3, 0.4) is 0 Å². The average molecular weight is 236 g/mol. The summed E-state index contributed by atoms with van der Waals surface area (Å²) in [5.41, 5.74) is 2.02. The van der Waals surface area contributed by atoms with Crippen LogP contribution in [0.4, 0.5) is 0 Å². The van der Waals surface area contributed by atoms with Crippen molar-refractivity contribution in [3.63, 3.8) is 0 Å². The molecule has 2 fully saturated rings. The van der Waals surface area contributed by atoms with Gasteiger partial charge in [0.15, 0.2) is 0 Å². The maximum Gasteiger partial charge on any atom is 0.255 e. The first-order chi connectivity index (χ1) is 7.77. The van der Waals surface area contributed by atoms with Gasteiger partial charge in [0.05, 0.1) is 5.56 Å². The van der Waals surface area contributed by atoms with Crippen LogP contribution in [0.25, 0.3) is 0 Å². The number of fused-ring (bicyclic) bond motifs is 1. The first-order valence-corrected chi connectivity index (χ1v) is 6.76. The molecule has 0 radical (unpaired) electrons. The summed E-state index contributed by atoms with van der Waals surface area (Å²) >= 11 is 1.62. The normalized spacial score (nSPS) is 28.4. The summed E-state index contributed by atoms with van der Waals surface area (Å²) in [6, 6.07) is 0.437. The molecule has 2 atom stereocenters. The molecule has 16 heavy (non-hydrogen) atoms. The summed E-state index contributed by atoms with van der Waals surface area (Å²) in [5.74, 6) is 0.915. The number of nitrogens with one attached hydrogen (secondary N) is 1. The molecular weight excluding hydrogens is 220 g/mol. The number of rotatable bonds is 1. The van der Waals surface area contributed by atoms with Crippen molar-refractivity contribution in [2.75, 3.05) is 19.6 Å². The molecule has 3 heterocycles. The van der Waals surface area contributed by atoms with Gasteiger partial charge in [-0.3, -0.25) is 4.79 Å². The van der Waals surface area contributed by atoms with Gasteiger partial charge < -0.3 is 10.2 Å². The lowest BCUT2D eigenvalue weighted by atomic mass is 10.0. The fourth-order valence-electron chi connectivity index (χ4n) is 2.84. The SMILES string of the molecule is Cc1cscc1C(=O)N1CC[C@H]2CNC[C@H]21. The number of amides is 1. The van der Waals surface area contributed by atoms with E-state index < -0.39 is 0 Å². The number of aryl methyl sites for hydroxylation is 1. The van der Waals surface area contributed by atoms with Crippen molar-refractivity contribution in [2.24, 2.45) is 5.92 Å². The third-order valence-electron chi connectivity index (χ3n) is 3.79. The van der Waals surface area contributed by atoms with Gasteiger partial charge in [0.25, 0.3) is 5.91 Å². The summed E-state index contributed by atoms with van der Waals surface area (Å²) in [7, 11) is 0. The smallest absolute Gasteiger partial charge is 0.255 e. The van der Waals surface area contributed by atoms with E-state index in [0.717, 1.165) is 37.2 Å². The molecule has 4 heteroatoms. The van der Waals surface area contributed by atoms with E-state index in [4.69, 9.17) is 0 Å². The van der Waals surface area contributed by atoms with Gasteiger partial charge in [0, 0.05) is 31.1 Å². The Morgan fingerprint density at radius 1 is 1.50 bits per heavy atom. The molecule has 2 aliphatic rings. The molecule has 0 unspecified atom stereocenters. The molecule has 2 saturated heterocycles. The Kier molecular flexibility index (Phi) is 2.48. The molecule has 0 saturated carbocycles. The number of likely N-dealkylation sites (tertiary alicyclic amines) is 1. The third-order valence-corrected chi connectivity index (χ3v) is 4.65. The van der Waals surface area contributed by atoms with Crippen molar-refractivity contribution < 1.29 is 4.79 Å². The Morgan fingerprint density at radius 3 is 3.12 bits per heavy atom. The zero-order valence-electron chi connectivity index (χ0n) is 9.40.